The number of halogens is 1. The molecule has 1 aliphatic heterocycles. The maximum Gasteiger partial charge on any atom is 0.231 e. The van der Waals surface area contributed by atoms with Crippen LogP contribution >= 0.6 is 12.4 Å². The first-order valence-electron chi connectivity index (χ1n) is 9.21. The van der Waals surface area contributed by atoms with Crippen LogP contribution in [0.5, 0.6) is 0 Å². The van der Waals surface area contributed by atoms with Crippen molar-refractivity contribution in [2.45, 2.75) is 31.8 Å². The summed E-state index contributed by atoms with van der Waals surface area (Å²) >= 11 is 0. The van der Waals surface area contributed by atoms with Crippen LogP contribution in [-0.4, -0.2) is 28.1 Å². The van der Waals surface area contributed by atoms with E-state index in [0.29, 0.717) is 18.3 Å². The average Bonchev–Trinajstić information content (AvgIpc) is 3.19. The molecule has 4 rings (SSSR count). The van der Waals surface area contributed by atoms with Gasteiger partial charge in [0.05, 0.1) is 5.92 Å². The zero-order valence-electron chi connectivity index (χ0n) is 15.3. The highest BCUT2D eigenvalue weighted by Gasteiger charge is 2.26. The normalized spacial score (nSPS) is 17.4. The van der Waals surface area contributed by atoms with Crippen molar-refractivity contribution < 1.29 is 4.52 Å². The largest absolute Gasteiger partial charge is 0.339 e. The van der Waals surface area contributed by atoms with Gasteiger partial charge >= 0.3 is 0 Å². The highest BCUT2D eigenvalue weighted by Crippen LogP contribution is 2.28. The van der Waals surface area contributed by atoms with Crippen LogP contribution < -0.4 is 5.73 Å². The first-order chi connectivity index (χ1) is 12.8. The maximum absolute atomic E-state index is 5.65. The summed E-state index contributed by atoms with van der Waals surface area (Å²) in [5.41, 5.74) is 9.07. The number of rotatable bonds is 5. The van der Waals surface area contributed by atoms with Crippen molar-refractivity contribution in [1.29, 1.82) is 0 Å². The second-order valence-corrected chi connectivity index (χ2v) is 6.92. The highest BCUT2D eigenvalue weighted by atomic mass is 35.5. The van der Waals surface area contributed by atoms with E-state index in [9.17, 15) is 0 Å². The van der Waals surface area contributed by atoms with Gasteiger partial charge in [-0.15, -0.1) is 12.4 Å². The van der Waals surface area contributed by atoms with Crippen molar-refractivity contribution in [3.8, 4) is 11.4 Å². The summed E-state index contributed by atoms with van der Waals surface area (Å²) in [7, 11) is 0. The summed E-state index contributed by atoms with van der Waals surface area (Å²) in [6, 6.07) is 18.6. The maximum atomic E-state index is 5.65. The van der Waals surface area contributed by atoms with Gasteiger partial charge in [0, 0.05) is 25.2 Å². The molecule has 6 heteroatoms. The van der Waals surface area contributed by atoms with E-state index < -0.39 is 0 Å². The van der Waals surface area contributed by atoms with Crippen molar-refractivity contribution in [2.75, 3.05) is 13.1 Å². The Hall–Kier alpha value is -2.21. The minimum atomic E-state index is 0. The van der Waals surface area contributed by atoms with Gasteiger partial charge in [0.25, 0.3) is 0 Å². The zero-order valence-corrected chi connectivity index (χ0v) is 16.1. The molecular weight excluding hydrogens is 360 g/mol. The Morgan fingerprint density at radius 1 is 1.04 bits per heavy atom. The lowest BCUT2D eigenvalue weighted by molar-refractivity contribution is 0.180. The standard InChI is InChI=1S/C21H24N4O.ClH/c22-13-16-8-10-18(11-9-16)20-23-21(26-24-20)19-7-4-12-25(15-19)14-17-5-2-1-3-6-17;/h1-3,5-6,8-11,19H,4,7,12-15,22H2;1H. The predicted octanol–water partition coefficient (Wildman–Crippen LogP) is 4.00. The highest BCUT2D eigenvalue weighted by molar-refractivity contribution is 5.85. The van der Waals surface area contributed by atoms with Gasteiger partial charge in [-0.25, -0.2) is 0 Å². The summed E-state index contributed by atoms with van der Waals surface area (Å²) in [6.07, 6.45) is 2.25. The number of hydrogen-bond donors (Lipinski definition) is 1. The van der Waals surface area contributed by atoms with Crippen molar-refractivity contribution in [2.24, 2.45) is 5.73 Å². The SMILES string of the molecule is Cl.NCc1ccc(-c2noc(C3CCCN(Cc4ccccc4)C3)n2)cc1. The van der Waals surface area contributed by atoms with Crippen LogP contribution in [0, 0.1) is 0 Å². The van der Waals surface area contributed by atoms with Crippen molar-refractivity contribution >= 4 is 12.4 Å². The van der Waals surface area contributed by atoms with Crippen LogP contribution in [0.15, 0.2) is 59.1 Å². The van der Waals surface area contributed by atoms with Gasteiger partial charge in [0.1, 0.15) is 0 Å². The van der Waals surface area contributed by atoms with Crippen LogP contribution in [0.2, 0.25) is 0 Å². The molecule has 0 aliphatic carbocycles. The van der Waals surface area contributed by atoms with Crippen molar-refractivity contribution in [3.05, 3.63) is 71.6 Å². The lowest BCUT2D eigenvalue weighted by Gasteiger charge is -2.30. The molecule has 0 bridgehead atoms. The third-order valence-corrected chi connectivity index (χ3v) is 4.99. The molecule has 1 aliphatic rings. The lowest BCUT2D eigenvalue weighted by Crippen LogP contribution is -2.34. The quantitative estimate of drug-likeness (QED) is 0.720. The van der Waals surface area contributed by atoms with Gasteiger partial charge in [0.15, 0.2) is 0 Å². The first kappa shape index (κ1) is 19.5. The summed E-state index contributed by atoms with van der Waals surface area (Å²) in [4.78, 5) is 7.14. The molecule has 1 aromatic heterocycles. The van der Waals surface area contributed by atoms with E-state index >= 15 is 0 Å². The fourth-order valence-electron chi connectivity index (χ4n) is 3.55. The second kappa shape index (κ2) is 9.13. The molecule has 2 N–H and O–H groups in total. The number of benzene rings is 2. The fraction of sp³-hybridized carbons (Fsp3) is 0.333. The van der Waals surface area contributed by atoms with Crippen molar-refractivity contribution in [3.63, 3.8) is 0 Å². The van der Waals surface area contributed by atoms with Crippen LogP contribution in [0.4, 0.5) is 0 Å². The monoisotopic (exact) mass is 384 g/mol. The number of nitrogens with zero attached hydrogens (tertiary/aromatic N) is 3. The third kappa shape index (κ3) is 4.75. The molecule has 1 saturated heterocycles. The zero-order chi connectivity index (χ0) is 17.8. The summed E-state index contributed by atoms with van der Waals surface area (Å²) in [6.45, 7) is 3.59. The van der Waals surface area contributed by atoms with Gasteiger partial charge in [-0.2, -0.15) is 4.98 Å². The Kier molecular flexibility index (Phi) is 6.61. The fourth-order valence-corrected chi connectivity index (χ4v) is 3.55. The van der Waals surface area contributed by atoms with E-state index in [2.05, 4.69) is 45.4 Å². The van der Waals surface area contributed by atoms with E-state index in [1.807, 2.05) is 24.3 Å². The van der Waals surface area contributed by atoms with Gasteiger partial charge in [-0.1, -0.05) is 59.8 Å². The summed E-state index contributed by atoms with van der Waals surface area (Å²) in [5, 5.41) is 4.19. The Morgan fingerprint density at radius 2 is 1.81 bits per heavy atom. The Bertz CT molecular complexity index is 835. The molecule has 5 nitrogen and oxygen atoms in total. The molecule has 0 saturated carbocycles. The molecule has 142 valence electrons. The molecule has 1 fully saturated rings. The Balaban J connectivity index is 0.00000210. The minimum absolute atomic E-state index is 0. The number of likely N-dealkylation sites (tertiary alicyclic amines) is 1. The molecule has 0 radical (unpaired) electrons. The molecule has 27 heavy (non-hydrogen) atoms. The lowest BCUT2D eigenvalue weighted by atomic mass is 9.97. The summed E-state index contributed by atoms with van der Waals surface area (Å²) < 4.78 is 5.60. The number of nitrogens with two attached hydrogens (primary N) is 1. The van der Waals surface area contributed by atoms with Crippen LogP contribution in [-0.2, 0) is 13.1 Å². The third-order valence-electron chi connectivity index (χ3n) is 4.99. The van der Waals surface area contributed by atoms with E-state index in [-0.39, 0.29) is 12.4 Å². The van der Waals surface area contributed by atoms with E-state index in [4.69, 9.17) is 10.3 Å². The topological polar surface area (TPSA) is 68.2 Å². The van der Waals surface area contributed by atoms with Crippen molar-refractivity contribution in [1.82, 2.24) is 15.0 Å². The second-order valence-electron chi connectivity index (χ2n) is 6.92. The summed E-state index contributed by atoms with van der Waals surface area (Å²) in [5.74, 6) is 1.71. The molecule has 2 heterocycles. The van der Waals surface area contributed by atoms with Crippen LogP contribution in [0.1, 0.15) is 35.8 Å². The molecular formula is C21H25ClN4O. The minimum Gasteiger partial charge on any atom is -0.339 e. The number of piperidine rings is 1. The van der Waals surface area contributed by atoms with Crippen LogP contribution in [0.3, 0.4) is 0 Å². The number of aromatic nitrogens is 2. The van der Waals surface area contributed by atoms with Gasteiger partial charge in [-0.3, -0.25) is 4.90 Å². The molecule has 3 aromatic rings. The van der Waals surface area contributed by atoms with E-state index in [1.165, 1.54) is 5.56 Å². The van der Waals surface area contributed by atoms with Gasteiger partial charge in [-0.05, 0) is 30.5 Å². The van der Waals surface area contributed by atoms with Gasteiger partial charge in [0.2, 0.25) is 11.7 Å². The van der Waals surface area contributed by atoms with E-state index in [1.54, 1.807) is 0 Å². The Labute approximate surface area is 166 Å². The van der Waals surface area contributed by atoms with Crippen LogP contribution in [0.25, 0.3) is 11.4 Å². The smallest absolute Gasteiger partial charge is 0.231 e. The van der Waals surface area contributed by atoms with E-state index in [0.717, 1.165) is 49.5 Å². The molecule has 0 amide bonds. The average molecular weight is 385 g/mol. The Morgan fingerprint density at radius 3 is 2.56 bits per heavy atom. The molecule has 1 atom stereocenters. The van der Waals surface area contributed by atoms with Gasteiger partial charge < -0.3 is 10.3 Å². The molecule has 0 spiro atoms. The molecule has 1 unspecified atom stereocenters. The first-order valence-corrected chi connectivity index (χ1v) is 9.21. The molecule has 2 aromatic carbocycles. The number of hydrogen-bond acceptors (Lipinski definition) is 5. The predicted molar refractivity (Wildman–Crippen MR) is 109 cm³/mol.